The van der Waals surface area contributed by atoms with E-state index in [2.05, 4.69) is 22.2 Å². The van der Waals surface area contributed by atoms with Gasteiger partial charge in [-0.15, -0.1) is 6.58 Å². The summed E-state index contributed by atoms with van der Waals surface area (Å²) < 4.78 is 0. The predicted molar refractivity (Wildman–Crippen MR) is 69.7 cm³/mol. The largest absolute Gasteiger partial charge is 0.370 e. The van der Waals surface area contributed by atoms with E-state index < -0.39 is 0 Å². The Hall–Kier alpha value is -1.52. The highest BCUT2D eigenvalue weighted by Gasteiger charge is 2.14. The lowest BCUT2D eigenvalue weighted by Gasteiger charge is -2.22. The highest BCUT2D eigenvalue weighted by Crippen LogP contribution is 2.17. The van der Waals surface area contributed by atoms with Gasteiger partial charge in [-0.1, -0.05) is 25.3 Å². The maximum absolute atomic E-state index is 11.6. The fourth-order valence-electron chi connectivity index (χ4n) is 1.91. The Bertz CT molecular complexity index is 282. The molecular formula is C12H22N4O. The van der Waals surface area contributed by atoms with Gasteiger partial charge in [0.25, 0.3) is 0 Å². The Morgan fingerprint density at radius 3 is 2.76 bits per heavy atom. The zero-order valence-corrected chi connectivity index (χ0v) is 10.2. The first-order valence-corrected chi connectivity index (χ1v) is 6.16. The SMILES string of the molecule is C=CCNC(N)=NCC(=O)NC1CCCCC1. The molecule has 1 fully saturated rings. The molecule has 1 saturated carbocycles. The van der Waals surface area contributed by atoms with Gasteiger partial charge in [0.05, 0.1) is 0 Å². The van der Waals surface area contributed by atoms with Crippen LogP contribution in [0.15, 0.2) is 17.6 Å². The molecular weight excluding hydrogens is 216 g/mol. The average molecular weight is 238 g/mol. The van der Waals surface area contributed by atoms with Crippen molar-refractivity contribution in [3.63, 3.8) is 0 Å². The number of nitrogens with one attached hydrogen (secondary N) is 2. The average Bonchev–Trinajstić information content (AvgIpc) is 2.35. The van der Waals surface area contributed by atoms with Crippen molar-refractivity contribution in [1.29, 1.82) is 0 Å². The molecule has 1 aliphatic rings. The van der Waals surface area contributed by atoms with Gasteiger partial charge < -0.3 is 16.4 Å². The molecule has 0 heterocycles. The molecule has 96 valence electrons. The van der Waals surface area contributed by atoms with Crippen molar-refractivity contribution in [2.75, 3.05) is 13.1 Å². The molecule has 1 aliphatic carbocycles. The molecule has 0 aromatic rings. The minimum Gasteiger partial charge on any atom is -0.370 e. The van der Waals surface area contributed by atoms with Gasteiger partial charge in [0.15, 0.2) is 5.96 Å². The third-order valence-electron chi connectivity index (χ3n) is 2.79. The summed E-state index contributed by atoms with van der Waals surface area (Å²) in [4.78, 5) is 15.5. The Morgan fingerprint density at radius 2 is 2.12 bits per heavy atom. The molecule has 5 heteroatoms. The fourth-order valence-corrected chi connectivity index (χ4v) is 1.91. The Balaban J connectivity index is 2.21. The highest BCUT2D eigenvalue weighted by molar-refractivity contribution is 5.84. The Morgan fingerprint density at radius 1 is 1.41 bits per heavy atom. The van der Waals surface area contributed by atoms with Crippen molar-refractivity contribution in [2.24, 2.45) is 10.7 Å². The summed E-state index contributed by atoms with van der Waals surface area (Å²) in [6.45, 7) is 4.20. The van der Waals surface area contributed by atoms with E-state index in [1.165, 1.54) is 19.3 Å². The summed E-state index contributed by atoms with van der Waals surface area (Å²) in [5, 5.41) is 5.80. The van der Waals surface area contributed by atoms with Gasteiger partial charge in [-0.25, -0.2) is 4.99 Å². The van der Waals surface area contributed by atoms with Crippen LogP contribution in [0.25, 0.3) is 0 Å². The minimum atomic E-state index is -0.0553. The molecule has 0 aromatic carbocycles. The Kier molecular flexibility index (Phi) is 6.14. The van der Waals surface area contributed by atoms with Crippen molar-refractivity contribution in [3.05, 3.63) is 12.7 Å². The van der Waals surface area contributed by atoms with Gasteiger partial charge in [0.2, 0.25) is 5.91 Å². The van der Waals surface area contributed by atoms with Crippen molar-refractivity contribution in [3.8, 4) is 0 Å². The summed E-state index contributed by atoms with van der Waals surface area (Å²) in [6, 6.07) is 0.328. The van der Waals surface area contributed by atoms with Crippen LogP contribution < -0.4 is 16.4 Å². The van der Waals surface area contributed by atoms with Gasteiger partial charge in [0.1, 0.15) is 6.54 Å². The Labute approximate surface area is 103 Å². The normalized spacial score (nSPS) is 17.5. The number of carbonyl (C=O) groups is 1. The van der Waals surface area contributed by atoms with Crippen molar-refractivity contribution in [1.82, 2.24) is 10.6 Å². The van der Waals surface area contributed by atoms with Crippen molar-refractivity contribution in [2.45, 2.75) is 38.1 Å². The zero-order valence-electron chi connectivity index (χ0n) is 10.2. The lowest BCUT2D eigenvalue weighted by Crippen LogP contribution is -2.39. The molecule has 0 spiro atoms. The second-order valence-electron chi connectivity index (χ2n) is 4.27. The first kappa shape index (κ1) is 13.5. The van der Waals surface area contributed by atoms with E-state index in [-0.39, 0.29) is 18.4 Å². The van der Waals surface area contributed by atoms with Crippen LogP contribution in [-0.4, -0.2) is 31.0 Å². The molecule has 0 radical (unpaired) electrons. The van der Waals surface area contributed by atoms with E-state index in [0.29, 0.717) is 12.6 Å². The van der Waals surface area contributed by atoms with Crippen LogP contribution in [0.5, 0.6) is 0 Å². The molecule has 1 rings (SSSR count). The molecule has 0 unspecified atom stereocenters. The topological polar surface area (TPSA) is 79.5 Å². The maximum atomic E-state index is 11.6. The van der Waals surface area contributed by atoms with Crippen LogP contribution in [0.1, 0.15) is 32.1 Å². The molecule has 1 amide bonds. The fraction of sp³-hybridized carbons (Fsp3) is 0.667. The van der Waals surface area contributed by atoms with E-state index in [1.807, 2.05) is 0 Å². The zero-order chi connectivity index (χ0) is 12.5. The highest BCUT2D eigenvalue weighted by atomic mass is 16.1. The number of hydrogen-bond donors (Lipinski definition) is 3. The first-order valence-electron chi connectivity index (χ1n) is 6.16. The van der Waals surface area contributed by atoms with Crippen molar-refractivity contribution < 1.29 is 4.79 Å². The molecule has 17 heavy (non-hydrogen) atoms. The number of rotatable bonds is 5. The second kappa shape index (κ2) is 7.70. The molecule has 4 N–H and O–H groups in total. The summed E-state index contributed by atoms with van der Waals surface area (Å²) in [5.74, 6) is 0.226. The molecule has 5 nitrogen and oxygen atoms in total. The molecule has 0 aliphatic heterocycles. The van der Waals surface area contributed by atoms with Crippen LogP contribution in [0.2, 0.25) is 0 Å². The minimum absolute atomic E-state index is 0.0553. The number of hydrogen-bond acceptors (Lipinski definition) is 2. The van der Waals surface area contributed by atoms with Gasteiger partial charge in [0, 0.05) is 12.6 Å². The van der Waals surface area contributed by atoms with E-state index >= 15 is 0 Å². The predicted octanol–water partition coefficient (Wildman–Crippen LogP) is 0.526. The number of carbonyl (C=O) groups excluding carboxylic acids is 1. The monoisotopic (exact) mass is 238 g/mol. The van der Waals surface area contributed by atoms with E-state index in [1.54, 1.807) is 6.08 Å². The summed E-state index contributed by atoms with van der Waals surface area (Å²) in [7, 11) is 0. The molecule has 0 atom stereocenters. The van der Waals surface area contributed by atoms with E-state index in [0.717, 1.165) is 12.8 Å². The number of nitrogens with zero attached hydrogens (tertiary/aromatic N) is 1. The number of guanidine groups is 1. The first-order chi connectivity index (χ1) is 8.22. The third kappa shape index (κ3) is 5.94. The van der Waals surface area contributed by atoms with Crippen LogP contribution in [-0.2, 0) is 4.79 Å². The van der Waals surface area contributed by atoms with E-state index in [4.69, 9.17) is 5.73 Å². The van der Waals surface area contributed by atoms with Crippen LogP contribution in [0, 0.1) is 0 Å². The van der Waals surface area contributed by atoms with Gasteiger partial charge in [-0.05, 0) is 12.8 Å². The molecule has 0 saturated heterocycles. The van der Waals surface area contributed by atoms with Gasteiger partial charge >= 0.3 is 0 Å². The number of aliphatic imine (C=N–C) groups is 1. The second-order valence-corrected chi connectivity index (χ2v) is 4.27. The summed E-state index contributed by atoms with van der Waals surface area (Å²) in [6.07, 6.45) is 7.54. The molecule has 0 bridgehead atoms. The van der Waals surface area contributed by atoms with E-state index in [9.17, 15) is 4.79 Å². The van der Waals surface area contributed by atoms with Crippen LogP contribution in [0.3, 0.4) is 0 Å². The van der Waals surface area contributed by atoms with Crippen LogP contribution in [0.4, 0.5) is 0 Å². The summed E-state index contributed by atoms with van der Waals surface area (Å²) in [5.41, 5.74) is 5.55. The quantitative estimate of drug-likeness (QED) is 0.371. The maximum Gasteiger partial charge on any atom is 0.242 e. The van der Waals surface area contributed by atoms with Gasteiger partial charge in [-0.3, -0.25) is 4.79 Å². The standard InChI is InChI=1S/C12H22N4O/c1-2-8-14-12(13)15-9-11(17)16-10-6-4-3-5-7-10/h2,10H,1,3-9H2,(H,16,17)(H3,13,14,15). The van der Waals surface area contributed by atoms with Crippen molar-refractivity contribution >= 4 is 11.9 Å². The smallest absolute Gasteiger partial charge is 0.242 e. The lowest BCUT2D eigenvalue weighted by atomic mass is 9.95. The van der Waals surface area contributed by atoms with Gasteiger partial charge in [-0.2, -0.15) is 0 Å². The number of amides is 1. The van der Waals surface area contributed by atoms with Crippen LogP contribution >= 0.6 is 0 Å². The lowest BCUT2D eigenvalue weighted by molar-refractivity contribution is -0.120. The molecule has 0 aromatic heterocycles. The third-order valence-corrected chi connectivity index (χ3v) is 2.79. The number of nitrogens with two attached hydrogens (primary N) is 1. The summed E-state index contributed by atoms with van der Waals surface area (Å²) >= 11 is 0.